The second-order valence-corrected chi connectivity index (χ2v) is 6.53. The van der Waals surface area contributed by atoms with Gasteiger partial charge in [-0.25, -0.2) is 4.98 Å². The molecule has 0 atom stereocenters. The number of nitrogens with one attached hydrogen (secondary N) is 1. The van der Waals surface area contributed by atoms with Crippen molar-refractivity contribution in [3.63, 3.8) is 0 Å². The van der Waals surface area contributed by atoms with Crippen LogP contribution >= 0.6 is 0 Å². The number of benzene rings is 3. The molecule has 142 valence electrons. The van der Waals surface area contributed by atoms with E-state index in [9.17, 15) is 4.79 Å². The summed E-state index contributed by atoms with van der Waals surface area (Å²) >= 11 is 0. The molecular weight excluding hydrogens is 384 g/mol. The molecule has 0 aliphatic heterocycles. The first-order valence-electron chi connectivity index (χ1n) is 8.10. The molecule has 0 fully saturated rings. The SMILES string of the molecule is O=C(Nc1nc2ccccc2c2ccccc12)c1ccccc1.[O-][Cl+3]([O-])([O-])O. The van der Waals surface area contributed by atoms with Gasteiger partial charge in [0.25, 0.3) is 5.91 Å². The van der Waals surface area contributed by atoms with Gasteiger partial charge in [0.15, 0.2) is 0 Å². The Labute approximate surface area is 162 Å². The maximum Gasteiger partial charge on any atom is 0.256 e. The summed E-state index contributed by atoms with van der Waals surface area (Å²) in [5.41, 5.74) is 1.49. The van der Waals surface area contributed by atoms with Gasteiger partial charge in [0, 0.05) is 16.3 Å². The smallest absolute Gasteiger partial charge is 0.256 e. The van der Waals surface area contributed by atoms with Crippen LogP contribution < -0.4 is 19.3 Å². The first kappa shape index (κ1) is 19.7. The molecule has 3 aromatic carbocycles. The van der Waals surface area contributed by atoms with Crippen LogP contribution in [-0.4, -0.2) is 15.6 Å². The van der Waals surface area contributed by atoms with E-state index in [1.54, 1.807) is 12.1 Å². The van der Waals surface area contributed by atoms with E-state index in [1.165, 1.54) is 0 Å². The van der Waals surface area contributed by atoms with E-state index < -0.39 is 10.2 Å². The molecule has 4 aromatic rings. The lowest BCUT2D eigenvalue weighted by atomic mass is 10.1. The summed E-state index contributed by atoms with van der Waals surface area (Å²) in [5.74, 6) is 0.437. The summed E-state index contributed by atoms with van der Waals surface area (Å²) in [6.07, 6.45) is 0. The molecule has 2 N–H and O–H groups in total. The molecule has 0 unspecified atom stereocenters. The van der Waals surface area contributed by atoms with E-state index >= 15 is 0 Å². The number of rotatable bonds is 2. The fourth-order valence-corrected chi connectivity index (χ4v) is 2.77. The number of anilines is 1. The highest BCUT2D eigenvalue weighted by atomic mass is 35.7. The van der Waals surface area contributed by atoms with Crippen LogP contribution in [0.5, 0.6) is 0 Å². The average molecular weight is 399 g/mol. The summed E-state index contributed by atoms with van der Waals surface area (Å²) < 4.78 is 32.7. The molecule has 1 amide bonds. The number of pyridine rings is 1. The van der Waals surface area contributed by atoms with Crippen LogP contribution in [0.15, 0.2) is 78.9 Å². The highest BCUT2D eigenvalue weighted by molar-refractivity contribution is 6.14. The van der Waals surface area contributed by atoms with Crippen LogP contribution in [0.1, 0.15) is 10.4 Å². The number of hydrogen-bond acceptors (Lipinski definition) is 6. The van der Waals surface area contributed by atoms with Gasteiger partial charge in [0.1, 0.15) is 5.82 Å². The Bertz CT molecular complexity index is 1110. The molecule has 1 heterocycles. The fraction of sp³-hybridized carbons (Fsp3) is 0. The van der Waals surface area contributed by atoms with Gasteiger partial charge in [0.05, 0.1) is 20.4 Å². The van der Waals surface area contributed by atoms with Gasteiger partial charge < -0.3 is 5.32 Å². The number of fused-ring (bicyclic) bond motifs is 3. The minimum Gasteiger partial charge on any atom is -0.306 e. The van der Waals surface area contributed by atoms with E-state index in [0.29, 0.717) is 11.4 Å². The molecule has 0 aliphatic rings. The highest BCUT2D eigenvalue weighted by Crippen LogP contribution is 2.29. The molecule has 0 aliphatic carbocycles. The molecule has 1 aromatic heterocycles. The minimum absolute atomic E-state index is 0.154. The van der Waals surface area contributed by atoms with Crippen molar-refractivity contribution in [1.29, 1.82) is 0 Å². The third kappa shape index (κ3) is 5.01. The van der Waals surface area contributed by atoms with Crippen molar-refractivity contribution < 1.29 is 33.7 Å². The molecule has 0 spiro atoms. The van der Waals surface area contributed by atoms with Crippen molar-refractivity contribution in [2.45, 2.75) is 0 Å². The Morgan fingerprint density at radius 1 is 0.786 bits per heavy atom. The van der Waals surface area contributed by atoms with Gasteiger partial charge in [0.2, 0.25) is 0 Å². The zero-order valence-corrected chi connectivity index (χ0v) is 15.2. The summed E-state index contributed by atoms with van der Waals surface area (Å²) in [6.45, 7) is 0. The Morgan fingerprint density at radius 2 is 1.29 bits per heavy atom. The molecular formula is C20H15ClN2O5. The molecule has 28 heavy (non-hydrogen) atoms. The van der Waals surface area contributed by atoms with Gasteiger partial charge in [-0.1, -0.05) is 60.7 Å². The summed E-state index contributed by atoms with van der Waals surface area (Å²) in [5, 5.41) is 6.05. The van der Waals surface area contributed by atoms with Gasteiger partial charge in [-0.15, -0.1) is 0 Å². The predicted octanol–water partition coefficient (Wildman–Crippen LogP) is 0.516. The van der Waals surface area contributed by atoms with Crippen LogP contribution in [0.4, 0.5) is 5.82 Å². The van der Waals surface area contributed by atoms with Crippen LogP contribution in [0.25, 0.3) is 21.7 Å². The number of halogens is 1. The molecule has 0 saturated carbocycles. The van der Waals surface area contributed by atoms with Crippen LogP contribution in [-0.2, 0) is 0 Å². The molecule has 0 saturated heterocycles. The van der Waals surface area contributed by atoms with Gasteiger partial charge in [-0.2, -0.15) is 14.0 Å². The molecule has 8 heteroatoms. The number of aromatic nitrogens is 1. The number of para-hydroxylation sites is 1. The minimum atomic E-state index is -4.69. The molecule has 0 radical (unpaired) electrons. The normalized spacial score (nSPS) is 11.0. The van der Waals surface area contributed by atoms with E-state index in [4.69, 9.17) is 18.6 Å². The summed E-state index contributed by atoms with van der Waals surface area (Å²) in [4.78, 5) is 17.1. The third-order valence-corrected chi connectivity index (χ3v) is 3.88. The van der Waals surface area contributed by atoms with Crippen LogP contribution in [0.2, 0.25) is 0 Å². The number of nitrogens with zero attached hydrogens (tertiary/aromatic N) is 1. The standard InChI is InChI=1S/C20H14N2O.ClHO4/c23-20(14-8-2-1-3-9-14)22-19-17-12-5-4-10-15(17)16-11-6-7-13-18(16)21-19;2-1(3,4)5/h1-13H,(H,21,22,23);(H,2,3,4,5). The predicted molar refractivity (Wildman–Crippen MR) is 95.9 cm³/mol. The Kier molecular flexibility index (Phi) is 5.84. The van der Waals surface area contributed by atoms with E-state index in [2.05, 4.69) is 16.4 Å². The van der Waals surface area contributed by atoms with E-state index in [1.807, 2.05) is 60.7 Å². The molecule has 0 bridgehead atoms. The number of carbonyl (C=O) groups is 1. The zero-order valence-electron chi connectivity index (χ0n) is 14.4. The lowest BCUT2D eigenvalue weighted by molar-refractivity contribution is -1.92. The first-order chi connectivity index (χ1) is 13.3. The fourth-order valence-electron chi connectivity index (χ4n) is 2.77. The van der Waals surface area contributed by atoms with Crippen molar-refractivity contribution >= 4 is 33.4 Å². The third-order valence-electron chi connectivity index (χ3n) is 3.88. The molecule has 4 rings (SSSR count). The lowest BCUT2D eigenvalue weighted by Crippen LogP contribution is -2.58. The van der Waals surface area contributed by atoms with Gasteiger partial charge in [-0.3, -0.25) is 4.79 Å². The number of amides is 1. The van der Waals surface area contributed by atoms with Crippen molar-refractivity contribution in [3.8, 4) is 0 Å². The lowest BCUT2D eigenvalue weighted by Gasteiger charge is -2.10. The monoisotopic (exact) mass is 398 g/mol. The topological polar surface area (TPSA) is 131 Å². The summed E-state index contributed by atoms with van der Waals surface area (Å²) in [7, 11) is -4.69. The van der Waals surface area contributed by atoms with Crippen molar-refractivity contribution in [3.05, 3.63) is 84.4 Å². The Morgan fingerprint density at radius 3 is 1.93 bits per heavy atom. The van der Waals surface area contributed by atoms with Crippen molar-refractivity contribution in [2.75, 3.05) is 5.32 Å². The number of carbonyl (C=O) groups excluding carboxylic acids is 1. The van der Waals surface area contributed by atoms with E-state index in [0.717, 1.165) is 21.7 Å². The Hall–Kier alpha value is -3.07. The van der Waals surface area contributed by atoms with E-state index in [-0.39, 0.29) is 5.91 Å². The van der Waals surface area contributed by atoms with Gasteiger partial charge >= 0.3 is 0 Å². The molecule has 7 nitrogen and oxygen atoms in total. The average Bonchev–Trinajstić information content (AvgIpc) is 2.67. The van der Waals surface area contributed by atoms with Crippen LogP contribution in [0, 0.1) is 10.2 Å². The maximum absolute atomic E-state index is 12.4. The quantitative estimate of drug-likeness (QED) is 0.473. The largest absolute Gasteiger partial charge is 0.306 e. The second kappa shape index (κ2) is 8.30. The maximum atomic E-state index is 12.4. The Balaban J connectivity index is 0.000000403. The second-order valence-electron chi connectivity index (χ2n) is 5.74. The zero-order chi connectivity index (χ0) is 20.1. The first-order valence-corrected chi connectivity index (χ1v) is 9.36. The van der Waals surface area contributed by atoms with Crippen LogP contribution in [0.3, 0.4) is 0 Å². The number of hydrogen-bond donors (Lipinski definition) is 2. The van der Waals surface area contributed by atoms with Crippen molar-refractivity contribution in [1.82, 2.24) is 4.98 Å². The van der Waals surface area contributed by atoms with Crippen molar-refractivity contribution in [2.24, 2.45) is 0 Å². The summed E-state index contributed by atoms with van der Waals surface area (Å²) in [6, 6.07) is 25.1. The highest BCUT2D eigenvalue weighted by Gasteiger charge is 2.11. The van der Waals surface area contributed by atoms with Gasteiger partial charge in [-0.05, 0) is 23.6 Å².